The number of hydrogen-bond acceptors (Lipinski definition) is 6. The Kier molecular flexibility index (Phi) is 4.32. The van der Waals surface area contributed by atoms with Crippen LogP contribution in [0, 0.1) is 13.8 Å². The third-order valence-corrected chi connectivity index (χ3v) is 4.04. The van der Waals surface area contributed by atoms with Crippen LogP contribution in [0.3, 0.4) is 0 Å². The number of nitrogen functional groups attached to an aromatic ring is 1. The zero-order chi connectivity index (χ0) is 15.6. The maximum Gasteiger partial charge on any atom is 0.337 e. The van der Waals surface area contributed by atoms with Gasteiger partial charge in [-0.15, -0.1) is 11.3 Å². The highest BCUT2D eigenvalue weighted by molar-refractivity contribution is 7.11. The minimum absolute atomic E-state index is 0.0164. The normalized spacial score (nSPS) is 10.4. The Morgan fingerprint density at radius 2 is 2.10 bits per heavy atom. The van der Waals surface area contributed by atoms with E-state index in [0.29, 0.717) is 11.5 Å². The van der Waals surface area contributed by atoms with Crippen LogP contribution in [0.2, 0.25) is 0 Å². The van der Waals surface area contributed by atoms with Crippen LogP contribution in [0.15, 0.2) is 12.1 Å². The lowest BCUT2D eigenvalue weighted by Crippen LogP contribution is -2.05. The van der Waals surface area contributed by atoms with Crippen molar-refractivity contribution in [3.05, 3.63) is 33.3 Å². The van der Waals surface area contributed by atoms with Gasteiger partial charge in [0.2, 0.25) is 0 Å². The number of rotatable bonds is 5. The SMILES string of the molecule is COc1cc(N)c(C(=O)O)cc1OCc1nc(C)c(C)s1. The number of carboxylic acid groups (broad SMARTS) is 1. The molecule has 0 amide bonds. The molecule has 0 aliphatic heterocycles. The number of carbonyl (C=O) groups is 1. The molecule has 0 bridgehead atoms. The number of carboxylic acids is 1. The van der Waals surface area contributed by atoms with E-state index in [1.807, 2.05) is 13.8 Å². The van der Waals surface area contributed by atoms with Gasteiger partial charge in [-0.3, -0.25) is 0 Å². The molecule has 0 saturated heterocycles. The lowest BCUT2D eigenvalue weighted by molar-refractivity contribution is 0.0697. The number of nitrogens with two attached hydrogens (primary N) is 1. The molecule has 112 valence electrons. The van der Waals surface area contributed by atoms with Crippen molar-refractivity contribution in [3.63, 3.8) is 0 Å². The molecular formula is C14H16N2O4S. The largest absolute Gasteiger partial charge is 0.493 e. The van der Waals surface area contributed by atoms with Crippen LogP contribution in [0.5, 0.6) is 11.5 Å². The summed E-state index contributed by atoms with van der Waals surface area (Å²) in [4.78, 5) is 16.6. The number of anilines is 1. The van der Waals surface area contributed by atoms with Gasteiger partial charge >= 0.3 is 5.97 Å². The number of methoxy groups -OCH3 is 1. The summed E-state index contributed by atoms with van der Waals surface area (Å²) in [5.41, 5.74) is 6.75. The number of hydrogen-bond donors (Lipinski definition) is 2. The first-order chi connectivity index (χ1) is 9.92. The quantitative estimate of drug-likeness (QED) is 0.825. The molecule has 3 N–H and O–H groups in total. The van der Waals surface area contributed by atoms with Crippen LogP contribution in [0.1, 0.15) is 25.9 Å². The molecule has 1 aromatic carbocycles. The maximum absolute atomic E-state index is 11.1. The van der Waals surface area contributed by atoms with Crippen molar-refractivity contribution in [2.24, 2.45) is 0 Å². The van der Waals surface area contributed by atoms with E-state index in [0.717, 1.165) is 15.6 Å². The average molecular weight is 308 g/mol. The van der Waals surface area contributed by atoms with Gasteiger partial charge in [0.1, 0.15) is 11.6 Å². The van der Waals surface area contributed by atoms with Crippen LogP contribution in [0.25, 0.3) is 0 Å². The predicted molar refractivity (Wildman–Crippen MR) is 80.3 cm³/mol. The van der Waals surface area contributed by atoms with Crippen LogP contribution < -0.4 is 15.2 Å². The number of aromatic carboxylic acids is 1. The minimum Gasteiger partial charge on any atom is -0.493 e. The van der Waals surface area contributed by atoms with E-state index < -0.39 is 5.97 Å². The molecule has 0 fully saturated rings. The summed E-state index contributed by atoms with van der Waals surface area (Å²) in [6.07, 6.45) is 0. The first kappa shape index (κ1) is 15.1. The van der Waals surface area contributed by atoms with Crippen LogP contribution >= 0.6 is 11.3 Å². The lowest BCUT2D eigenvalue weighted by atomic mass is 10.1. The number of benzene rings is 1. The first-order valence-corrected chi connectivity index (χ1v) is 7.00. The number of thiazole rings is 1. The highest BCUT2D eigenvalue weighted by Gasteiger charge is 2.15. The summed E-state index contributed by atoms with van der Waals surface area (Å²) in [6, 6.07) is 2.81. The Bertz CT molecular complexity index is 662. The van der Waals surface area contributed by atoms with Crippen molar-refractivity contribution in [1.82, 2.24) is 4.98 Å². The van der Waals surface area contributed by atoms with Gasteiger partial charge in [-0.05, 0) is 13.8 Å². The minimum atomic E-state index is -1.11. The van der Waals surface area contributed by atoms with Crippen molar-refractivity contribution in [3.8, 4) is 11.5 Å². The lowest BCUT2D eigenvalue weighted by Gasteiger charge is -2.12. The third kappa shape index (κ3) is 3.25. The van der Waals surface area contributed by atoms with E-state index in [-0.39, 0.29) is 17.9 Å². The number of ether oxygens (including phenoxy) is 2. The van der Waals surface area contributed by atoms with Gasteiger partial charge in [0.15, 0.2) is 11.5 Å². The summed E-state index contributed by atoms with van der Waals surface area (Å²) in [7, 11) is 1.47. The van der Waals surface area contributed by atoms with Gasteiger partial charge in [-0.2, -0.15) is 0 Å². The molecule has 0 spiro atoms. The van der Waals surface area contributed by atoms with E-state index in [1.165, 1.54) is 19.2 Å². The molecule has 21 heavy (non-hydrogen) atoms. The number of nitrogens with zero attached hydrogens (tertiary/aromatic N) is 1. The Labute approximate surface area is 126 Å². The molecule has 0 radical (unpaired) electrons. The molecule has 2 aromatic rings. The monoisotopic (exact) mass is 308 g/mol. The van der Waals surface area contributed by atoms with Gasteiger partial charge in [-0.25, -0.2) is 9.78 Å². The number of aromatic nitrogens is 1. The molecule has 0 saturated carbocycles. The van der Waals surface area contributed by atoms with E-state index in [9.17, 15) is 4.79 Å². The second-order valence-electron chi connectivity index (χ2n) is 4.43. The van der Waals surface area contributed by atoms with Gasteiger partial charge in [0.05, 0.1) is 24.1 Å². The molecule has 1 aromatic heterocycles. The van der Waals surface area contributed by atoms with Crippen molar-refractivity contribution < 1.29 is 19.4 Å². The fourth-order valence-electron chi connectivity index (χ4n) is 1.77. The molecule has 0 aliphatic carbocycles. The zero-order valence-electron chi connectivity index (χ0n) is 12.0. The smallest absolute Gasteiger partial charge is 0.337 e. The summed E-state index contributed by atoms with van der Waals surface area (Å²) in [6.45, 7) is 4.17. The fourth-order valence-corrected chi connectivity index (χ4v) is 2.62. The van der Waals surface area contributed by atoms with Gasteiger partial charge < -0.3 is 20.3 Å². The van der Waals surface area contributed by atoms with Crippen LogP contribution in [-0.4, -0.2) is 23.2 Å². The Morgan fingerprint density at radius 3 is 2.62 bits per heavy atom. The fraction of sp³-hybridized carbons (Fsp3) is 0.286. The molecule has 6 nitrogen and oxygen atoms in total. The standard InChI is InChI=1S/C14H16N2O4S/c1-7-8(2)21-13(16-7)6-20-12-4-9(14(17)18)10(15)5-11(12)19-3/h4-5H,6,15H2,1-3H3,(H,17,18). The van der Waals surface area contributed by atoms with Crippen molar-refractivity contribution in [2.75, 3.05) is 12.8 Å². The predicted octanol–water partition coefficient (Wildman–Crippen LogP) is 2.63. The maximum atomic E-state index is 11.1. The molecule has 7 heteroatoms. The Morgan fingerprint density at radius 1 is 1.38 bits per heavy atom. The molecule has 0 aliphatic rings. The second-order valence-corrected chi connectivity index (χ2v) is 5.72. The van der Waals surface area contributed by atoms with Crippen LogP contribution in [0.4, 0.5) is 5.69 Å². The highest BCUT2D eigenvalue weighted by Crippen LogP contribution is 2.33. The van der Waals surface area contributed by atoms with Gasteiger partial charge in [0, 0.05) is 17.0 Å². The van der Waals surface area contributed by atoms with Crippen LogP contribution in [-0.2, 0) is 6.61 Å². The summed E-state index contributed by atoms with van der Waals surface area (Å²) >= 11 is 1.54. The molecule has 0 atom stereocenters. The van der Waals surface area contributed by atoms with E-state index in [1.54, 1.807) is 11.3 Å². The van der Waals surface area contributed by atoms with Crippen molar-refractivity contribution in [1.29, 1.82) is 0 Å². The van der Waals surface area contributed by atoms with E-state index >= 15 is 0 Å². The van der Waals surface area contributed by atoms with Crippen molar-refractivity contribution in [2.45, 2.75) is 20.5 Å². The topological polar surface area (TPSA) is 94.7 Å². The van der Waals surface area contributed by atoms with Gasteiger partial charge in [-0.1, -0.05) is 0 Å². The Hall–Kier alpha value is -2.28. The second kappa shape index (κ2) is 6.01. The van der Waals surface area contributed by atoms with Crippen molar-refractivity contribution >= 4 is 23.0 Å². The van der Waals surface area contributed by atoms with E-state index in [2.05, 4.69) is 4.98 Å². The average Bonchev–Trinajstić information content (AvgIpc) is 2.75. The molecule has 2 rings (SSSR count). The first-order valence-electron chi connectivity index (χ1n) is 6.19. The Balaban J connectivity index is 2.25. The zero-order valence-corrected chi connectivity index (χ0v) is 12.8. The highest BCUT2D eigenvalue weighted by atomic mass is 32.1. The molecule has 1 heterocycles. The molecule has 0 unspecified atom stereocenters. The number of aryl methyl sites for hydroxylation is 2. The molecular weight excluding hydrogens is 292 g/mol. The third-order valence-electron chi connectivity index (χ3n) is 2.99. The van der Waals surface area contributed by atoms with Gasteiger partial charge in [0.25, 0.3) is 0 Å². The summed E-state index contributed by atoms with van der Waals surface area (Å²) in [5.74, 6) is -0.391. The summed E-state index contributed by atoms with van der Waals surface area (Å²) in [5, 5.41) is 9.91. The summed E-state index contributed by atoms with van der Waals surface area (Å²) < 4.78 is 10.8. The van der Waals surface area contributed by atoms with E-state index in [4.69, 9.17) is 20.3 Å².